The van der Waals surface area contributed by atoms with Crippen molar-refractivity contribution in [2.45, 2.75) is 50.6 Å². The van der Waals surface area contributed by atoms with E-state index in [2.05, 4.69) is 10.6 Å². The topological polar surface area (TPSA) is 139 Å². The Labute approximate surface area is 164 Å². The van der Waals surface area contributed by atoms with Gasteiger partial charge in [0.2, 0.25) is 23.6 Å². The molecule has 2 atom stereocenters. The van der Waals surface area contributed by atoms with E-state index < -0.39 is 12.1 Å². The van der Waals surface area contributed by atoms with Crippen LogP contribution in [-0.2, 0) is 19.2 Å². The van der Waals surface area contributed by atoms with E-state index in [1.165, 1.54) is 0 Å². The van der Waals surface area contributed by atoms with Crippen molar-refractivity contribution in [3.63, 3.8) is 0 Å². The molecule has 0 aliphatic carbocycles. The third kappa shape index (κ3) is 5.81. The fraction of sp³-hybridized carbons (Fsp3) is 0.778. The number of amides is 4. The molecule has 158 valence electrons. The number of unbranched alkanes of at least 4 members (excludes halogenated alkanes) is 3. The van der Waals surface area contributed by atoms with Crippen molar-refractivity contribution in [1.82, 2.24) is 20.4 Å². The Morgan fingerprint density at radius 1 is 0.714 bits per heavy atom. The zero-order valence-electron chi connectivity index (χ0n) is 16.1. The Morgan fingerprint density at radius 3 is 1.46 bits per heavy atom. The summed E-state index contributed by atoms with van der Waals surface area (Å²) in [5.41, 5.74) is 0. The lowest BCUT2D eigenvalue weighted by Crippen LogP contribution is -2.40. The number of hydrogen-bond donors (Lipinski definition) is 4. The molecule has 10 heteroatoms. The van der Waals surface area contributed by atoms with Crippen LogP contribution in [0.25, 0.3) is 0 Å². The van der Waals surface area contributed by atoms with E-state index in [1.807, 2.05) is 0 Å². The second-order valence-electron chi connectivity index (χ2n) is 7.05. The largest absolute Gasteiger partial charge is 0.395 e. The number of carbonyl (C=O) groups is 4. The van der Waals surface area contributed by atoms with Crippen LogP contribution in [0.5, 0.6) is 0 Å². The van der Waals surface area contributed by atoms with Gasteiger partial charge in [0, 0.05) is 0 Å². The van der Waals surface area contributed by atoms with E-state index in [0.29, 0.717) is 13.1 Å². The molecule has 2 rings (SSSR count). The molecular formula is C18H30N4O6. The molecule has 4 amide bonds. The molecule has 2 saturated heterocycles. The van der Waals surface area contributed by atoms with Crippen molar-refractivity contribution in [1.29, 1.82) is 0 Å². The molecule has 2 aliphatic rings. The number of carbonyl (C=O) groups excluding carboxylic acids is 4. The van der Waals surface area contributed by atoms with Crippen LogP contribution in [0.2, 0.25) is 0 Å². The number of nitrogens with one attached hydrogen (secondary N) is 2. The first-order valence-electron chi connectivity index (χ1n) is 9.86. The lowest BCUT2D eigenvalue weighted by molar-refractivity contribution is -0.140. The molecule has 10 nitrogen and oxygen atoms in total. The van der Waals surface area contributed by atoms with Gasteiger partial charge in [-0.2, -0.15) is 0 Å². The molecule has 0 saturated carbocycles. The summed E-state index contributed by atoms with van der Waals surface area (Å²) in [7, 11) is 0. The summed E-state index contributed by atoms with van der Waals surface area (Å²) in [4.78, 5) is 49.6. The van der Waals surface area contributed by atoms with Crippen LogP contribution >= 0.6 is 0 Å². The molecule has 0 aromatic heterocycles. The van der Waals surface area contributed by atoms with Gasteiger partial charge in [0.25, 0.3) is 0 Å². The van der Waals surface area contributed by atoms with E-state index in [9.17, 15) is 19.2 Å². The minimum Gasteiger partial charge on any atom is -0.395 e. The Kier molecular flexibility index (Phi) is 8.97. The number of nitrogens with zero attached hydrogens (tertiary/aromatic N) is 2. The summed E-state index contributed by atoms with van der Waals surface area (Å²) < 4.78 is 0. The van der Waals surface area contributed by atoms with Crippen LogP contribution < -0.4 is 10.6 Å². The third-order valence-corrected chi connectivity index (χ3v) is 5.02. The van der Waals surface area contributed by atoms with Gasteiger partial charge in [-0.1, -0.05) is 12.8 Å². The molecule has 0 bridgehead atoms. The first-order valence-corrected chi connectivity index (χ1v) is 9.86. The van der Waals surface area contributed by atoms with Crippen LogP contribution in [0.3, 0.4) is 0 Å². The van der Waals surface area contributed by atoms with Crippen molar-refractivity contribution in [2.24, 2.45) is 0 Å². The van der Waals surface area contributed by atoms with Gasteiger partial charge >= 0.3 is 0 Å². The number of likely N-dealkylation sites (tertiary alicyclic amines) is 2. The second-order valence-corrected chi connectivity index (χ2v) is 7.05. The molecule has 0 radical (unpaired) electrons. The van der Waals surface area contributed by atoms with Gasteiger partial charge in [0.05, 0.1) is 51.2 Å². The van der Waals surface area contributed by atoms with Gasteiger partial charge in [0.1, 0.15) is 0 Å². The molecule has 0 aromatic rings. The zero-order chi connectivity index (χ0) is 20.5. The quantitative estimate of drug-likeness (QED) is 0.206. The highest BCUT2D eigenvalue weighted by Gasteiger charge is 2.38. The molecule has 2 aliphatic heterocycles. The number of hydrogen-bond acceptors (Lipinski definition) is 8. The average Bonchev–Trinajstić information content (AvgIpc) is 3.09. The molecule has 2 fully saturated rings. The van der Waals surface area contributed by atoms with Gasteiger partial charge in [-0.3, -0.25) is 29.0 Å². The van der Waals surface area contributed by atoms with E-state index in [-0.39, 0.29) is 62.8 Å². The van der Waals surface area contributed by atoms with Gasteiger partial charge in [-0.15, -0.1) is 0 Å². The van der Waals surface area contributed by atoms with E-state index in [0.717, 1.165) is 35.5 Å². The van der Waals surface area contributed by atoms with Gasteiger partial charge < -0.3 is 20.8 Å². The predicted molar refractivity (Wildman–Crippen MR) is 98.9 cm³/mol. The van der Waals surface area contributed by atoms with Gasteiger partial charge in [-0.25, -0.2) is 0 Å². The Balaban J connectivity index is 1.51. The maximum atomic E-state index is 12.0. The van der Waals surface area contributed by atoms with Crippen LogP contribution in [0, 0.1) is 0 Å². The fourth-order valence-corrected chi connectivity index (χ4v) is 3.51. The van der Waals surface area contributed by atoms with E-state index in [1.54, 1.807) is 0 Å². The van der Waals surface area contributed by atoms with Crippen LogP contribution in [-0.4, -0.2) is 95.1 Å². The number of aliphatic hydroxyl groups is 2. The number of β-amino-alcohol motifs (C(OH)–C–C–N with tert-alkyl or cyclic N) is 2. The summed E-state index contributed by atoms with van der Waals surface area (Å²) in [6.45, 7) is 0.924. The normalized spacial score (nSPS) is 22.8. The van der Waals surface area contributed by atoms with Crippen LogP contribution in [0.15, 0.2) is 0 Å². The predicted octanol–water partition coefficient (Wildman–Crippen LogP) is -2.03. The Hall–Kier alpha value is -1.88. The first kappa shape index (κ1) is 22.4. The number of aliphatic hydroxyl groups excluding tert-OH is 2. The first-order chi connectivity index (χ1) is 13.5. The molecule has 0 aromatic carbocycles. The number of imide groups is 2. The lowest BCUT2D eigenvalue weighted by Gasteiger charge is -2.14. The highest BCUT2D eigenvalue weighted by atomic mass is 16.3. The molecule has 28 heavy (non-hydrogen) atoms. The summed E-state index contributed by atoms with van der Waals surface area (Å²) >= 11 is 0. The van der Waals surface area contributed by atoms with Gasteiger partial charge in [-0.05, 0) is 25.9 Å². The standard InChI is InChI=1S/C18H30N4O6/c23-9-7-21-15(25)11-13(17(21)27)19-5-3-1-2-4-6-20-14-12-16(26)22(8-10-24)18(14)28/h13-14,19-20,23-24H,1-12H2. The van der Waals surface area contributed by atoms with E-state index >= 15 is 0 Å². The number of rotatable bonds is 13. The minimum atomic E-state index is -0.492. The highest BCUT2D eigenvalue weighted by Crippen LogP contribution is 2.14. The van der Waals surface area contributed by atoms with Crippen molar-refractivity contribution in [2.75, 3.05) is 39.4 Å². The minimum absolute atomic E-state index is 0.0513. The lowest BCUT2D eigenvalue weighted by atomic mass is 10.1. The zero-order valence-corrected chi connectivity index (χ0v) is 16.1. The molecular weight excluding hydrogens is 368 g/mol. The van der Waals surface area contributed by atoms with Crippen molar-refractivity contribution in [3.8, 4) is 0 Å². The van der Waals surface area contributed by atoms with Crippen LogP contribution in [0.1, 0.15) is 38.5 Å². The van der Waals surface area contributed by atoms with Crippen molar-refractivity contribution >= 4 is 23.6 Å². The summed E-state index contributed by atoms with van der Waals surface area (Å²) in [6, 6.07) is -0.984. The maximum Gasteiger partial charge on any atom is 0.246 e. The van der Waals surface area contributed by atoms with Gasteiger partial charge in [0.15, 0.2) is 0 Å². The molecule has 2 heterocycles. The summed E-state index contributed by atoms with van der Waals surface area (Å²) in [6.07, 6.45) is 3.90. The molecule has 4 N–H and O–H groups in total. The smallest absolute Gasteiger partial charge is 0.246 e. The maximum absolute atomic E-state index is 12.0. The highest BCUT2D eigenvalue weighted by molar-refractivity contribution is 6.06. The van der Waals surface area contributed by atoms with Crippen molar-refractivity contribution < 1.29 is 29.4 Å². The van der Waals surface area contributed by atoms with E-state index in [4.69, 9.17) is 10.2 Å². The Morgan fingerprint density at radius 2 is 1.11 bits per heavy atom. The Bertz CT molecular complexity index is 534. The molecule has 2 unspecified atom stereocenters. The average molecular weight is 398 g/mol. The van der Waals surface area contributed by atoms with Crippen LogP contribution in [0.4, 0.5) is 0 Å². The van der Waals surface area contributed by atoms with Crippen molar-refractivity contribution in [3.05, 3.63) is 0 Å². The summed E-state index contributed by atoms with van der Waals surface area (Å²) in [5.74, 6) is -1.04. The SMILES string of the molecule is O=C1CC(NCCCCCCNC2CC(=O)N(CCO)C2=O)C(=O)N1CCO. The monoisotopic (exact) mass is 398 g/mol. The fourth-order valence-electron chi connectivity index (χ4n) is 3.51. The molecule has 0 spiro atoms. The summed E-state index contributed by atoms with van der Waals surface area (Å²) in [5, 5.41) is 24.0. The second kappa shape index (κ2) is 11.2. The third-order valence-electron chi connectivity index (χ3n) is 5.02.